The van der Waals surface area contributed by atoms with Crippen molar-refractivity contribution in [2.75, 3.05) is 6.61 Å². The molecule has 0 saturated carbocycles. The Hall–Kier alpha value is -2.21. The lowest BCUT2D eigenvalue weighted by Crippen LogP contribution is -2.11. The van der Waals surface area contributed by atoms with Gasteiger partial charge in [-0.25, -0.2) is 4.79 Å². The molecule has 0 amide bonds. The average molecular weight is 345 g/mol. The quantitative estimate of drug-likeness (QED) is 0.866. The lowest BCUT2D eigenvalue weighted by atomic mass is 9.97. The Morgan fingerprint density at radius 3 is 2.43 bits per heavy atom. The highest BCUT2D eigenvalue weighted by Crippen LogP contribution is 2.38. The molecule has 3 nitrogen and oxygen atoms in total. The van der Waals surface area contributed by atoms with E-state index in [0.717, 1.165) is 18.2 Å². The van der Waals surface area contributed by atoms with Crippen LogP contribution in [0, 0.1) is 6.92 Å². The monoisotopic (exact) mass is 344 g/mol. The molecule has 0 aliphatic carbocycles. The fourth-order valence-electron chi connectivity index (χ4n) is 2.11. The summed E-state index contributed by atoms with van der Waals surface area (Å²) in [4.78, 5) is 10.6. The Bertz CT molecular complexity index is 742. The molecule has 2 rings (SSSR count). The summed E-state index contributed by atoms with van der Waals surface area (Å²) in [5.41, 5.74) is 0.456. The van der Waals surface area contributed by atoms with Gasteiger partial charge in [-0.05, 0) is 48.4 Å². The third-order valence-corrected chi connectivity index (χ3v) is 3.37. The highest BCUT2D eigenvalue weighted by molar-refractivity contribution is 6.30. The van der Waals surface area contributed by atoms with E-state index < -0.39 is 24.3 Å². The van der Waals surface area contributed by atoms with Crippen molar-refractivity contribution < 1.29 is 27.8 Å². The van der Waals surface area contributed by atoms with E-state index in [9.17, 15) is 18.0 Å². The molecule has 23 heavy (non-hydrogen) atoms. The Labute approximate surface area is 135 Å². The van der Waals surface area contributed by atoms with Gasteiger partial charge in [0.25, 0.3) is 0 Å². The van der Waals surface area contributed by atoms with Crippen molar-refractivity contribution in [3.8, 4) is 16.9 Å². The average Bonchev–Trinajstić information content (AvgIpc) is 2.44. The smallest absolute Gasteiger partial charge is 0.416 e. The summed E-state index contributed by atoms with van der Waals surface area (Å²) in [5, 5.41) is 9.14. The normalized spacial score (nSPS) is 11.3. The second kappa shape index (κ2) is 6.50. The van der Waals surface area contributed by atoms with E-state index in [1.165, 1.54) is 0 Å². The molecule has 0 spiro atoms. The SMILES string of the molecule is Cc1cc(Cl)ccc1-c1cc(C(F)(F)F)ccc1OCC(=O)O. The summed E-state index contributed by atoms with van der Waals surface area (Å²) in [5.74, 6) is -1.16. The van der Waals surface area contributed by atoms with Crippen LogP contribution in [0.1, 0.15) is 11.1 Å². The summed E-state index contributed by atoms with van der Waals surface area (Å²) in [7, 11) is 0. The Balaban J connectivity index is 2.57. The number of carbonyl (C=O) groups is 1. The van der Waals surface area contributed by atoms with Gasteiger partial charge in [-0.15, -0.1) is 0 Å². The van der Waals surface area contributed by atoms with Crippen molar-refractivity contribution in [3.63, 3.8) is 0 Å². The van der Waals surface area contributed by atoms with Crippen LogP contribution in [0.2, 0.25) is 5.02 Å². The van der Waals surface area contributed by atoms with Gasteiger partial charge in [-0.2, -0.15) is 13.2 Å². The maximum absolute atomic E-state index is 12.9. The van der Waals surface area contributed by atoms with Gasteiger partial charge >= 0.3 is 12.1 Å². The van der Waals surface area contributed by atoms with Crippen LogP contribution in [0.25, 0.3) is 11.1 Å². The van der Waals surface area contributed by atoms with Gasteiger partial charge in [0, 0.05) is 10.6 Å². The maximum atomic E-state index is 12.9. The highest BCUT2D eigenvalue weighted by Gasteiger charge is 2.31. The maximum Gasteiger partial charge on any atom is 0.416 e. The molecule has 7 heteroatoms. The van der Waals surface area contributed by atoms with Crippen LogP contribution in [0.4, 0.5) is 13.2 Å². The first-order valence-electron chi connectivity index (χ1n) is 6.51. The number of carboxylic acid groups (broad SMARTS) is 1. The molecule has 1 N–H and O–H groups in total. The van der Waals surface area contributed by atoms with E-state index in [-0.39, 0.29) is 11.3 Å². The molecule has 0 atom stereocenters. The number of ether oxygens (including phenoxy) is 1. The van der Waals surface area contributed by atoms with Crippen LogP contribution in [-0.4, -0.2) is 17.7 Å². The molecule has 0 unspecified atom stereocenters. The summed E-state index contributed by atoms with van der Waals surface area (Å²) >= 11 is 5.86. The lowest BCUT2D eigenvalue weighted by molar-refractivity contribution is -0.140. The van der Waals surface area contributed by atoms with Gasteiger partial charge in [0.15, 0.2) is 6.61 Å². The molecule has 2 aromatic rings. The van der Waals surface area contributed by atoms with Gasteiger partial charge in [-0.1, -0.05) is 17.7 Å². The first-order valence-corrected chi connectivity index (χ1v) is 6.88. The molecule has 0 saturated heterocycles. The van der Waals surface area contributed by atoms with Crippen molar-refractivity contribution in [3.05, 3.63) is 52.5 Å². The van der Waals surface area contributed by atoms with Crippen LogP contribution in [0.15, 0.2) is 36.4 Å². The van der Waals surface area contributed by atoms with E-state index in [0.29, 0.717) is 16.1 Å². The van der Waals surface area contributed by atoms with Crippen LogP contribution in [0.3, 0.4) is 0 Å². The lowest BCUT2D eigenvalue weighted by Gasteiger charge is -2.15. The minimum atomic E-state index is -4.51. The number of benzene rings is 2. The van der Waals surface area contributed by atoms with Gasteiger partial charge in [-0.3, -0.25) is 0 Å². The largest absolute Gasteiger partial charge is 0.481 e. The number of hydrogen-bond acceptors (Lipinski definition) is 2. The first-order chi connectivity index (χ1) is 10.7. The molecular formula is C16H12ClF3O3. The third-order valence-electron chi connectivity index (χ3n) is 3.14. The van der Waals surface area contributed by atoms with Crippen LogP contribution in [-0.2, 0) is 11.0 Å². The van der Waals surface area contributed by atoms with Gasteiger partial charge in [0.2, 0.25) is 0 Å². The minimum absolute atomic E-state index is 0.0609. The van der Waals surface area contributed by atoms with Crippen LogP contribution in [0.5, 0.6) is 5.75 Å². The zero-order chi connectivity index (χ0) is 17.2. The van der Waals surface area contributed by atoms with Gasteiger partial charge < -0.3 is 9.84 Å². The van der Waals surface area contributed by atoms with Crippen LogP contribution < -0.4 is 4.74 Å². The number of aliphatic carboxylic acids is 1. The summed E-state index contributed by atoms with van der Waals surface area (Å²) in [6.07, 6.45) is -4.51. The topological polar surface area (TPSA) is 46.5 Å². The van der Waals surface area contributed by atoms with Crippen molar-refractivity contribution >= 4 is 17.6 Å². The molecule has 2 aromatic carbocycles. The van der Waals surface area contributed by atoms with Crippen molar-refractivity contribution in [2.45, 2.75) is 13.1 Å². The zero-order valence-corrected chi connectivity index (χ0v) is 12.7. The molecule has 0 aromatic heterocycles. The second-order valence-corrected chi connectivity index (χ2v) is 5.29. The number of alkyl halides is 3. The molecular weight excluding hydrogens is 333 g/mol. The Morgan fingerprint density at radius 2 is 1.87 bits per heavy atom. The predicted molar refractivity (Wildman–Crippen MR) is 79.8 cm³/mol. The van der Waals surface area contributed by atoms with E-state index in [2.05, 4.69) is 0 Å². The van der Waals surface area contributed by atoms with Crippen molar-refractivity contribution in [1.82, 2.24) is 0 Å². The number of rotatable bonds is 4. The van der Waals surface area contributed by atoms with Gasteiger partial charge in [0.1, 0.15) is 5.75 Å². The molecule has 0 bridgehead atoms. The van der Waals surface area contributed by atoms with E-state index in [4.69, 9.17) is 21.4 Å². The predicted octanol–water partition coefficient (Wildman–Crippen LogP) is 4.80. The van der Waals surface area contributed by atoms with E-state index in [1.807, 2.05) is 0 Å². The number of carboxylic acids is 1. The van der Waals surface area contributed by atoms with Crippen molar-refractivity contribution in [2.24, 2.45) is 0 Å². The zero-order valence-electron chi connectivity index (χ0n) is 11.9. The van der Waals surface area contributed by atoms with Crippen LogP contribution >= 0.6 is 11.6 Å². The second-order valence-electron chi connectivity index (χ2n) is 4.85. The fraction of sp³-hybridized carbons (Fsp3) is 0.188. The standard InChI is InChI=1S/C16H12ClF3O3/c1-9-6-11(17)3-4-12(9)13-7-10(16(18,19)20)2-5-14(13)23-8-15(21)22/h2-7H,8H2,1H3,(H,21,22). The molecule has 0 aliphatic rings. The Morgan fingerprint density at radius 1 is 1.17 bits per heavy atom. The molecule has 0 heterocycles. The third kappa shape index (κ3) is 4.16. The minimum Gasteiger partial charge on any atom is -0.481 e. The summed E-state index contributed by atoms with van der Waals surface area (Å²) in [6, 6.07) is 7.64. The summed E-state index contributed by atoms with van der Waals surface area (Å²) in [6.45, 7) is 1.05. The molecule has 0 fully saturated rings. The highest BCUT2D eigenvalue weighted by atomic mass is 35.5. The Kier molecular flexibility index (Phi) is 4.85. The van der Waals surface area contributed by atoms with E-state index >= 15 is 0 Å². The number of hydrogen-bond donors (Lipinski definition) is 1. The van der Waals surface area contributed by atoms with Crippen molar-refractivity contribution in [1.29, 1.82) is 0 Å². The number of halogens is 4. The summed E-state index contributed by atoms with van der Waals surface area (Å²) < 4.78 is 43.9. The number of aryl methyl sites for hydroxylation is 1. The molecule has 0 aliphatic heterocycles. The van der Waals surface area contributed by atoms with Gasteiger partial charge in [0.05, 0.1) is 5.56 Å². The molecule has 0 radical (unpaired) electrons. The van der Waals surface area contributed by atoms with E-state index in [1.54, 1.807) is 25.1 Å². The fourth-order valence-corrected chi connectivity index (χ4v) is 2.34. The molecule has 122 valence electrons. The first kappa shape index (κ1) is 17.1.